The van der Waals surface area contributed by atoms with E-state index in [1.165, 1.54) is 0 Å². The number of carbonyl (C=O) groups excluding carboxylic acids is 2. The van der Waals surface area contributed by atoms with Gasteiger partial charge < -0.3 is 25.0 Å². The lowest BCUT2D eigenvalue weighted by atomic mass is 10.0. The van der Waals surface area contributed by atoms with E-state index in [1.54, 1.807) is 14.2 Å². The van der Waals surface area contributed by atoms with Crippen molar-refractivity contribution in [3.05, 3.63) is 81.4 Å². The van der Waals surface area contributed by atoms with Gasteiger partial charge in [-0.05, 0) is 81.5 Å². The van der Waals surface area contributed by atoms with E-state index in [4.69, 9.17) is 9.47 Å². The van der Waals surface area contributed by atoms with Crippen molar-refractivity contribution >= 4 is 23.2 Å². The van der Waals surface area contributed by atoms with Crippen molar-refractivity contribution in [1.29, 1.82) is 0 Å². The molecule has 3 rings (SSSR count). The number of hydrogen-bond donors (Lipinski definition) is 3. The maximum atomic E-state index is 13.2. The summed E-state index contributed by atoms with van der Waals surface area (Å²) < 4.78 is 10.8. The van der Waals surface area contributed by atoms with Gasteiger partial charge in [-0.1, -0.05) is 41.5 Å². The molecule has 0 spiro atoms. The van der Waals surface area contributed by atoms with E-state index in [1.807, 2.05) is 59.7 Å². The molecule has 7 heteroatoms. The van der Waals surface area contributed by atoms with Crippen LogP contribution in [0.5, 0.6) is 11.5 Å². The number of benzene rings is 3. The standard InChI is InChI=1S/C32H41N3O4/c1-20-13-22(3)31(23(4)14-20)33-29(36)18-35(12-11-26-9-10-27(38-7)28(17-26)39-8)19-30(37)34-32-24(5)15-21(2)16-25(32)6/h9-10,13-17H,11-12,18-19H2,1-8H3,(H,33,36)(H,34,37)/p+1. The molecule has 3 N–H and O–H groups in total. The topological polar surface area (TPSA) is 81.1 Å². The van der Waals surface area contributed by atoms with E-state index in [0.29, 0.717) is 24.5 Å². The number of quaternary nitrogens is 1. The first-order chi connectivity index (χ1) is 18.5. The van der Waals surface area contributed by atoms with Crippen LogP contribution in [0.25, 0.3) is 0 Å². The van der Waals surface area contributed by atoms with Crippen molar-refractivity contribution in [2.75, 3.05) is 44.5 Å². The molecule has 39 heavy (non-hydrogen) atoms. The average Bonchev–Trinajstić information content (AvgIpc) is 2.86. The van der Waals surface area contributed by atoms with Crippen LogP contribution in [-0.4, -0.2) is 45.7 Å². The summed E-state index contributed by atoms with van der Waals surface area (Å²) in [6.45, 7) is 13.0. The number of aryl methyl sites for hydroxylation is 6. The Morgan fingerprint density at radius 3 is 1.51 bits per heavy atom. The van der Waals surface area contributed by atoms with Gasteiger partial charge in [0.2, 0.25) is 0 Å². The molecule has 2 amide bonds. The number of rotatable bonds is 11. The van der Waals surface area contributed by atoms with Crippen molar-refractivity contribution < 1.29 is 24.0 Å². The SMILES string of the molecule is COc1ccc(CC[NH+](CC(=O)Nc2c(C)cc(C)cc2C)CC(=O)Nc2c(C)cc(C)cc2C)cc1OC. The highest BCUT2D eigenvalue weighted by Crippen LogP contribution is 2.27. The molecule has 208 valence electrons. The van der Waals surface area contributed by atoms with Gasteiger partial charge in [0.05, 0.1) is 20.8 Å². The number of amides is 2. The van der Waals surface area contributed by atoms with Gasteiger partial charge in [-0.15, -0.1) is 0 Å². The van der Waals surface area contributed by atoms with Gasteiger partial charge in [0.25, 0.3) is 11.8 Å². The van der Waals surface area contributed by atoms with Gasteiger partial charge >= 0.3 is 0 Å². The number of carbonyl (C=O) groups is 2. The lowest BCUT2D eigenvalue weighted by Crippen LogP contribution is -3.14. The second kappa shape index (κ2) is 13.3. The molecule has 0 bridgehead atoms. The van der Waals surface area contributed by atoms with Crippen molar-refractivity contribution in [3.63, 3.8) is 0 Å². The summed E-state index contributed by atoms with van der Waals surface area (Å²) in [6.07, 6.45) is 0.668. The molecule has 0 aromatic heterocycles. The smallest absolute Gasteiger partial charge is 0.279 e. The van der Waals surface area contributed by atoms with Gasteiger partial charge in [-0.25, -0.2) is 0 Å². The highest BCUT2D eigenvalue weighted by Gasteiger charge is 2.21. The van der Waals surface area contributed by atoms with Gasteiger partial charge in [0.15, 0.2) is 24.6 Å². The summed E-state index contributed by atoms with van der Waals surface area (Å²) in [6, 6.07) is 14.0. The largest absolute Gasteiger partial charge is 0.493 e. The number of methoxy groups -OCH3 is 2. The minimum absolute atomic E-state index is 0.122. The van der Waals surface area contributed by atoms with E-state index in [0.717, 1.165) is 55.2 Å². The van der Waals surface area contributed by atoms with E-state index in [9.17, 15) is 9.59 Å². The van der Waals surface area contributed by atoms with Gasteiger partial charge in [0, 0.05) is 17.8 Å². The number of ether oxygens (including phenoxy) is 2. The molecule has 3 aromatic carbocycles. The molecule has 0 aliphatic rings. The quantitative estimate of drug-likeness (QED) is 0.345. The first-order valence-electron chi connectivity index (χ1n) is 13.3. The zero-order valence-electron chi connectivity index (χ0n) is 24.5. The van der Waals surface area contributed by atoms with Crippen LogP contribution in [0.4, 0.5) is 11.4 Å². The Bertz CT molecular complexity index is 1230. The van der Waals surface area contributed by atoms with Gasteiger partial charge in [-0.3, -0.25) is 9.59 Å². The Labute approximate surface area is 232 Å². The van der Waals surface area contributed by atoms with Crippen molar-refractivity contribution in [2.45, 2.75) is 48.0 Å². The van der Waals surface area contributed by atoms with Crippen LogP contribution in [0.3, 0.4) is 0 Å². The van der Waals surface area contributed by atoms with Crippen molar-refractivity contribution in [1.82, 2.24) is 0 Å². The van der Waals surface area contributed by atoms with E-state index in [2.05, 4.69) is 34.9 Å². The fourth-order valence-electron chi connectivity index (χ4n) is 5.17. The highest BCUT2D eigenvalue weighted by molar-refractivity contribution is 5.94. The summed E-state index contributed by atoms with van der Waals surface area (Å²) in [5, 5.41) is 6.17. The molecule has 0 heterocycles. The van der Waals surface area contributed by atoms with Crippen LogP contribution in [0, 0.1) is 41.5 Å². The molecule has 0 saturated heterocycles. The van der Waals surface area contributed by atoms with Crippen LogP contribution in [0.15, 0.2) is 42.5 Å². The van der Waals surface area contributed by atoms with E-state index >= 15 is 0 Å². The average molecular weight is 533 g/mol. The van der Waals surface area contributed by atoms with Crippen LogP contribution >= 0.6 is 0 Å². The minimum Gasteiger partial charge on any atom is -0.493 e. The van der Waals surface area contributed by atoms with Crippen LogP contribution in [0.1, 0.15) is 38.9 Å². The fraction of sp³-hybridized carbons (Fsp3) is 0.375. The Kier molecular flexibility index (Phi) is 10.1. The summed E-state index contributed by atoms with van der Waals surface area (Å²) in [5.74, 6) is 1.07. The molecule has 0 saturated carbocycles. The minimum atomic E-state index is -0.122. The number of nitrogens with one attached hydrogen (secondary N) is 3. The van der Waals surface area contributed by atoms with Crippen LogP contribution in [0.2, 0.25) is 0 Å². The van der Waals surface area contributed by atoms with Crippen molar-refractivity contribution in [2.24, 2.45) is 0 Å². The Hall–Kier alpha value is -3.84. The van der Waals surface area contributed by atoms with E-state index in [-0.39, 0.29) is 24.9 Å². The lowest BCUT2D eigenvalue weighted by Gasteiger charge is -2.21. The molecule has 0 unspecified atom stereocenters. The zero-order valence-corrected chi connectivity index (χ0v) is 24.5. The lowest BCUT2D eigenvalue weighted by molar-refractivity contribution is -0.883. The predicted octanol–water partition coefficient (Wildman–Crippen LogP) is 4.26. The number of hydrogen-bond acceptors (Lipinski definition) is 4. The Balaban J connectivity index is 1.77. The molecular formula is C32H42N3O4+. The normalized spacial score (nSPS) is 10.9. The third kappa shape index (κ3) is 8.07. The third-order valence-electron chi connectivity index (χ3n) is 6.92. The Morgan fingerprint density at radius 2 is 1.10 bits per heavy atom. The monoisotopic (exact) mass is 532 g/mol. The van der Waals surface area contributed by atoms with E-state index < -0.39 is 0 Å². The molecule has 0 atom stereocenters. The van der Waals surface area contributed by atoms with Crippen LogP contribution in [-0.2, 0) is 16.0 Å². The number of anilines is 2. The molecule has 3 aromatic rings. The molecule has 0 aliphatic heterocycles. The predicted molar refractivity (Wildman–Crippen MR) is 157 cm³/mol. The van der Waals surface area contributed by atoms with Crippen molar-refractivity contribution in [3.8, 4) is 11.5 Å². The second-order valence-corrected chi connectivity index (χ2v) is 10.4. The summed E-state index contributed by atoms with van der Waals surface area (Å²) in [5.41, 5.74) is 9.12. The maximum absolute atomic E-state index is 13.2. The fourth-order valence-corrected chi connectivity index (χ4v) is 5.17. The summed E-state index contributed by atoms with van der Waals surface area (Å²) in [4.78, 5) is 27.3. The van der Waals surface area contributed by atoms with Crippen LogP contribution < -0.4 is 25.0 Å². The maximum Gasteiger partial charge on any atom is 0.279 e. The molecular weight excluding hydrogens is 490 g/mol. The molecule has 0 fully saturated rings. The molecule has 7 nitrogen and oxygen atoms in total. The molecule has 0 radical (unpaired) electrons. The Morgan fingerprint density at radius 1 is 0.667 bits per heavy atom. The third-order valence-corrected chi connectivity index (χ3v) is 6.92. The van der Waals surface area contributed by atoms with Gasteiger partial charge in [-0.2, -0.15) is 0 Å². The molecule has 0 aliphatic carbocycles. The summed E-state index contributed by atoms with van der Waals surface area (Å²) >= 11 is 0. The second-order valence-electron chi connectivity index (χ2n) is 10.4. The summed E-state index contributed by atoms with van der Waals surface area (Å²) in [7, 11) is 3.22. The first-order valence-corrected chi connectivity index (χ1v) is 13.3. The zero-order chi connectivity index (χ0) is 28.7. The first kappa shape index (κ1) is 29.7. The van der Waals surface area contributed by atoms with Gasteiger partial charge in [0.1, 0.15) is 0 Å². The highest BCUT2D eigenvalue weighted by atomic mass is 16.5.